The Morgan fingerprint density at radius 1 is 1.28 bits per heavy atom. The van der Waals surface area contributed by atoms with Crippen LogP contribution in [-0.2, 0) is 0 Å². The zero-order valence-corrected chi connectivity index (χ0v) is 11.4. The summed E-state index contributed by atoms with van der Waals surface area (Å²) in [6, 6.07) is 8.14. The Balaban J connectivity index is 1.88. The molecule has 0 radical (unpaired) electrons. The van der Waals surface area contributed by atoms with E-state index in [-0.39, 0.29) is 6.04 Å². The van der Waals surface area contributed by atoms with Crippen molar-refractivity contribution >= 4 is 15.9 Å². The van der Waals surface area contributed by atoms with Gasteiger partial charge in [0.15, 0.2) is 0 Å². The third-order valence-electron chi connectivity index (χ3n) is 3.38. The van der Waals surface area contributed by atoms with E-state index in [0.717, 1.165) is 29.3 Å². The lowest BCUT2D eigenvalue weighted by atomic mass is 10.1. The van der Waals surface area contributed by atoms with Crippen molar-refractivity contribution in [2.75, 3.05) is 0 Å². The number of aromatic nitrogens is 2. The molecule has 2 aromatic rings. The zero-order valence-electron chi connectivity index (χ0n) is 9.84. The predicted molar refractivity (Wildman–Crippen MR) is 72.0 cm³/mol. The highest BCUT2D eigenvalue weighted by atomic mass is 79.9. The van der Waals surface area contributed by atoms with Crippen LogP contribution in [0.5, 0.6) is 0 Å². The summed E-state index contributed by atoms with van der Waals surface area (Å²) in [5.74, 6) is 1.68. The van der Waals surface area contributed by atoms with Crippen molar-refractivity contribution in [2.24, 2.45) is 5.73 Å². The van der Waals surface area contributed by atoms with Gasteiger partial charge in [-0.2, -0.15) is 4.98 Å². The smallest absolute Gasteiger partial charge is 0.230 e. The van der Waals surface area contributed by atoms with Crippen molar-refractivity contribution in [3.8, 4) is 11.4 Å². The maximum absolute atomic E-state index is 5.91. The molecular formula is C13H14BrN3O. The Bertz CT molecular complexity index is 555. The second kappa shape index (κ2) is 4.82. The molecule has 18 heavy (non-hydrogen) atoms. The van der Waals surface area contributed by atoms with Gasteiger partial charge in [-0.05, 0) is 31.4 Å². The van der Waals surface area contributed by atoms with Crippen molar-refractivity contribution in [2.45, 2.75) is 31.2 Å². The van der Waals surface area contributed by atoms with Crippen molar-refractivity contribution < 1.29 is 4.52 Å². The first-order valence-electron chi connectivity index (χ1n) is 6.08. The van der Waals surface area contributed by atoms with Gasteiger partial charge >= 0.3 is 0 Å². The number of hydrogen-bond acceptors (Lipinski definition) is 4. The highest BCUT2D eigenvalue weighted by Gasteiger charge is 2.28. The topological polar surface area (TPSA) is 64.9 Å². The minimum Gasteiger partial charge on any atom is -0.339 e. The van der Waals surface area contributed by atoms with Gasteiger partial charge in [0.1, 0.15) is 0 Å². The van der Waals surface area contributed by atoms with Crippen LogP contribution in [0, 0.1) is 0 Å². The van der Waals surface area contributed by atoms with Crippen molar-refractivity contribution in [3.63, 3.8) is 0 Å². The highest BCUT2D eigenvalue weighted by molar-refractivity contribution is 9.10. The highest BCUT2D eigenvalue weighted by Crippen LogP contribution is 2.34. The summed E-state index contributed by atoms with van der Waals surface area (Å²) in [7, 11) is 0. The molecule has 0 spiro atoms. The molecule has 2 atom stereocenters. The van der Waals surface area contributed by atoms with Gasteiger partial charge in [-0.3, -0.25) is 0 Å². The zero-order chi connectivity index (χ0) is 12.5. The molecule has 1 fully saturated rings. The molecule has 1 aliphatic carbocycles. The second-order valence-corrected chi connectivity index (χ2v) is 5.56. The monoisotopic (exact) mass is 307 g/mol. The molecule has 1 aliphatic rings. The summed E-state index contributed by atoms with van der Waals surface area (Å²) in [5, 5.41) is 4.06. The SMILES string of the molecule is N[C@H]1CC[C@@H](c2nc(-c3ccccc3Br)no2)C1. The molecule has 1 aromatic carbocycles. The fourth-order valence-electron chi connectivity index (χ4n) is 2.39. The number of nitrogens with two attached hydrogens (primary N) is 1. The van der Waals surface area contributed by atoms with Gasteiger partial charge in [0.25, 0.3) is 0 Å². The van der Waals surface area contributed by atoms with Gasteiger partial charge in [-0.1, -0.05) is 33.2 Å². The summed E-state index contributed by atoms with van der Waals surface area (Å²) in [6.07, 6.45) is 3.02. The minimum atomic E-state index is 0.272. The lowest BCUT2D eigenvalue weighted by Crippen LogP contribution is -2.14. The van der Waals surface area contributed by atoms with Crippen LogP contribution in [0.25, 0.3) is 11.4 Å². The molecule has 1 aromatic heterocycles. The third kappa shape index (κ3) is 2.20. The first kappa shape index (κ1) is 11.9. The molecular weight excluding hydrogens is 294 g/mol. The molecule has 3 rings (SSSR count). The van der Waals surface area contributed by atoms with Crippen LogP contribution in [0.4, 0.5) is 0 Å². The molecule has 2 N–H and O–H groups in total. The van der Waals surface area contributed by atoms with Crippen molar-refractivity contribution in [3.05, 3.63) is 34.6 Å². The fourth-order valence-corrected chi connectivity index (χ4v) is 2.86. The Hall–Kier alpha value is -1.20. The Morgan fingerprint density at radius 2 is 2.11 bits per heavy atom. The molecule has 0 amide bonds. The van der Waals surface area contributed by atoms with Crippen LogP contribution in [0.1, 0.15) is 31.1 Å². The lowest BCUT2D eigenvalue weighted by Gasteiger charge is -2.01. The summed E-state index contributed by atoms with van der Waals surface area (Å²) in [6.45, 7) is 0. The molecule has 1 saturated carbocycles. The maximum Gasteiger partial charge on any atom is 0.230 e. The summed E-state index contributed by atoms with van der Waals surface area (Å²) in [4.78, 5) is 4.49. The Labute approximate surface area is 114 Å². The standard InChI is InChI=1S/C13H14BrN3O/c14-11-4-2-1-3-10(11)12-16-13(18-17-12)8-5-6-9(15)7-8/h1-4,8-9H,5-7,15H2/t8-,9+/m1/s1. The van der Waals surface area contributed by atoms with E-state index >= 15 is 0 Å². The Morgan fingerprint density at radius 3 is 2.83 bits per heavy atom. The molecule has 5 heteroatoms. The molecule has 0 unspecified atom stereocenters. The second-order valence-electron chi connectivity index (χ2n) is 4.71. The number of halogens is 1. The molecule has 4 nitrogen and oxygen atoms in total. The summed E-state index contributed by atoms with van der Waals surface area (Å²) < 4.78 is 6.34. The normalized spacial score (nSPS) is 23.4. The van der Waals surface area contributed by atoms with Gasteiger partial charge in [-0.15, -0.1) is 0 Å². The average Bonchev–Trinajstić information content (AvgIpc) is 2.98. The molecule has 0 saturated heterocycles. The van der Waals surface area contributed by atoms with E-state index in [1.54, 1.807) is 0 Å². The first-order chi connectivity index (χ1) is 8.74. The van der Waals surface area contributed by atoms with Gasteiger partial charge in [0.2, 0.25) is 11.7 Å². The number of nitrogens with zero attached hydrogens (tertiary/aromatic N) is 2. The van der Waals surface area contributed by atoms with Crippen LogP contribution in [-0.4, -0.2) is 16.2 Å². The van der Waals surface area contributed by atoms with E-state index in [0.29, 0.717) is 17.6 Å². The van der Waals surface area contributed by atoms with Crippen LogP contribution in [0.15, 0.2) is 33.3 Å². The fraction of sp³-hybridized carbons (Fsp3) is 0.385. The summed E-state index contributed by atoms with van der Waals surface area (Å²) >= 11 is 3.49. The van der Waals surface area contributed by atoms with E-state index in [4.69, 9.17) is 10.3 Å². The van der Waals surface area contributed by atoms with Gasteiger partial charge in [0, 0.05) is 22.0 Å². The van der Waals surface area contributed by atoms with Gasteiger partial charge < -0.3 is 10.3 Å². The molecule has 0 bridgehead atoms. The minimum absolute atomic E-state index is 0.272. The van der Waals surface area contributed by atoms with Crippen LogP contribution >= 0.6 is 15.9 Å². The lowest BCUT2D eigenvalue weighted by molar-refractivity contribution is 0.353. The van der Waals surface area contributed by atoms with E-state index in [2.05, 4.69) is 26.1 Å². The predicted octanol–water partition coefficient (Wildman–Crippen LogP) is 3.09. The van der Waals surface area contributed by atoms with Crippen LogP contribution in [0.2, 0.25) is 0 Å². The Kier molecular flexibility index (Phi) is 3.18. The van der Waals surface area contributed by atoms with Gasteiger partial charge in [-0.25, -0.2) is 0 Å². The van der Waals surface area contributed by atoms with Crippen molar-refractivity contribution in [1.29, 1.82) is 0 Å². The van der Waals surface area contributed by atoms with E-state index < -0.39 is 0 Å². The van der Waals surface area contributed by atoms with E-state index in [1.165, 1.54) is 0 Å². The number of benzene rings is 1. The van der Waals surface area contributed by atoms with Crippen LogP contribution < -0.4 is 5.73 Å². The maximum atomic E-state index is 5.91. The van der Waals surface area contributed by atoms with E-state index in [1.807, 2.05) is 24.3 Å². The van der Waals surface area contributed by atoms with Crippen molar-refractivity contribution in [1.82, 2.24) is 10.1 Å². The first-order valence-corrected chi connectivity index (χ1v) is 6.87. The average molecular weight is 308 g/mol. The molecule has 0 aliphatic heterocycles. The van der Waals surface area contributed by atoms with Crippen LogP contribution in [0.3, 0.4) is 0 Å². The number of hydrogen-bond donors (Lipinski definition) is 1. The third-order valence-corrected chi connectivity index (χ3v) is 4.07. The molecule has 94 valence electrons. The quantitative estimate of drug-likeness (QED) is 0.926. The number of rotatable bonds is 2. The molecule has 1 heterocycles. The van der Waals surface area contributed by atoms with E-state index in [9.17, 15) is 0 Å². The summed E-state index contributed by atoms with van der Waals surface area (Å²) in [5.41, 5.74) is 6.86. The largest absolute Gasteiger partial charge is 0.339 e. The van der Waals surface area contributed by atoms with Gasteiger partial charge in [0.05, 0.1) is 0 Å².